The van der Waals surface area contributed by atoms with E-state index in [0.29, 0.717) is 11.3 Å². The van der Waals surface area contributed by atoms with Crippen LogP contribution in [0.4, 0.5) is 10.2 Å². The van der Waals surface area contributed by atoms with Crippen LogP contribution >= 0.6 is 11.6 Å². The van der Waals surface area contributed by atoms with Crippen molar-refractivity contribution in [1.29, 1.82) is 0 Å². The fourth-order valence-electron chi connectivity index (χ4n) is 1.65. The fraction of sp³-hybridized carbons (Fsp3) is 0.364. The first kappa shape index (κ1) is 12.0. The van der Waals surface area contributed by atoms with Crippen molar-refractivity contribution in [2.45, 2.75) is 26.2 Å². The monoisotopic (exact) mass is 255 g/mol. The van der Waals surface area contributed by atoms with Crippen molar-refractivity contribution < 1.29 is 4.39 Å². The van der Waals surface area contributed by atoms with Gasteiger partial charge in [0.25, 0.3) is 0 Å². The number of nitroso groups, excluding NO2 is 1. The average Bonchev–Trinajstić information content (AvgIpc) is 2.55. The average molecular weight is 256 g/mol. The van der Waals surface area contributed by atoms with Crippen molar-refractivity contribution >= 4 is 23.1 Å². The van der Waals surface area contributed by atoms with Gasteiger partial charge in [-0.15, -0.1) is 4.91 Å². The number of hydrogen-bond acceptors (Lipinski definition) is 3. The summed E-state index contributed by atoms with van der Waals surface area (Å²) >= 11 is 5.89. The lowest BCUT2D eigenvalue weighted by molar-refractivity contribution is 0.574. The molecule has 0 aliphatic heterocycles. The summed E-state index contributed by atoms with van der Waals surface area (Å²) in [6, 6.07) is 1.16. The standard InChI is InChI=1S/C11H11ClFN3O/c1-11(2,3)8-10(15-17)16-5-6(13)4-7(12)9(16)14-8/h4-5H,1-3H3. The Morgan fingerprint density at radius 3 is 2.65 bits per heavy atom. The van der Waals surface area contributed by atoms with Gasteiger partial charge in [0.2, 0.25) is 5.82 Å². The van der Waals surface area contributed by atoms with E-state index in [0.717, 1.165) is 12.3 Å². The molecule has 0 N–H and O–H groups in total. The molecule has 0 bridgehead atoms. The Balaban J connectivity index is 2.90. The summed E-state index contributed by atoms with van der Waals surface area (Å²) < 4.78 is 14.5. The number of aromatic nitrogens is 2. The van der Waals surface area contributed by atoms with E-state index >= 15 is 0 Å². The summed E-state index contributed by atoms with van der Waals surface area (Å²) in [4.78, 5) is 15.2. The molecule has 0 aliphatic rings. The van der Waals surface area contributed by atoms with Crippen molar-refractivity contribution in [2.75, 3.05) is 0 Å². The number of nitrogens with zero attached hydrogens (tertiary/aromatic N) is 3. The van der Waals surface area contributed by atoms with Crippen molar-refractivity contribution in [3.05, 3.63) is 33.7 Å². The molecule has 4 nitrogen and oxygen atoms in total. The second-order valence-corrected chi connectivity index (χ2v) is 5.23. The van der Waals surface area contributed by atoms with Crippen molar-refractivity contribution in [3.63, 3.8) is 0 Å². The lowest BCUT2D eigenvalue weighted by atomic mass is 9.92. The summed E-state index contributed by atoms with van der Waals surface area (Å²) in [5.41, 5.74) is 0.474. The van der Waals surface area contributed by atoms with Gasteiger partial charge in [-0.3, -0.25) is 4.40 Å². The highest BCUT2D eigenvalue weighted by molar-refractivity contribution is 6.33. The van der Waals surface area contributed by atoms with Crippen LogP contribution in [0.2, 0.25) is 5.02 Å². The van der Waals surface area contributed by atoms with Crippen LogP contribution < -0.4 is 0 Å². The molecular weight excluding hydrogens is 245 g/mol. The zero-order chi connectivity index (χ0) is 12.8. The third kappa shape index (κ3) is 1.91. The predicted octanol–water partition coefficient (Wildman–Crippen LogP) is 3.82. The Morgan fingerprint density at radius 1 is 1.47 bits per heavy atom. The van der Waals surface area contributed by atoms with Crippen molar-refractivity contribution in [2.24, 2.45) is 5.18 Å². The van der Waals surface area contributed by atoms with Gasteiger partial charge in [0.05, 0.1) is 10.7 Å². The fourth-order valence-corrected chi connectivity index (χ4v) is 1.89. The molecule has 0 aliphatic carbocycles. The smallest absolute Gasteiger partial charge is 0.205 e. The summed E-state index contributed by atoms with van der Waals surface area (Å²) in [5.74, 6) is -0.445. The van der Waals surface area contributed by atoms with E-state index in [-0.39, 0.29) is 16.3 Å². The van der Waals surface area contributed by atoms with E-state index in [1.807, 2.05) is 20.8 Å². The van der Waals surface area contributed by atoms with E-state index in [2.05, 4.69) is 10.2 Å². The minimum atomic E-state index is -0.537. The van der Waals surface area contributed by atoms with E-state index in [4.69, 9.17) is 11.6 Å². The molecule has 2 rings (SSSR count). The molecule has 6 heteroatoms. The van der Waals surface area contributed by atoms with Crippen LogP contribution in [0.15, 0.2) is 17.4 Å². The molecule has 0 unspecified atom stereocenters. The molecule has 2 aromatic rings. The molecule has 0 spiro atoms. The maximum Gasteiger partial charge on any atom is 0.205 e. The predicted molar refractivity (Wildman–Crippen MR) is 64.3 cm³/mol. The Labute approximate surface area is 102 Å². The molecule has 0 fully saturated rings. The van der Waals surface area contributed by atoms with Gasteiger partial charge in [-0.25, -0.2) is 9.37 Å². The highest BCUT2D eigenvalue weighted by atomic mass is 35.5. The Hall–Kier alpha value is -1.49. The second kappa shape index (κ2) is 3.77. The van der Waals surface area contributed by atoms with Gasteiger partial charge < -0.3 is 0 Å². The van der Waals surface area contributed by atoms with E-state index in [9.17, 15) is 9.30 Å². The molecular formula is C11H11ClFN3O. The van der Waals surface area contributed by atoms with Gasteiger partial charge in [-0.05, 0) is 11.2 Å². The maximum atomic E-state index is 13.2. The zero-order valence-corrected chi connectivity index (χ0v) is 10.4. The summed E-state index contributed by atoms with van der Waals surface area (Å²) in [6.07, 6.45) is 1.15. The Morgan fingerprint density at radius 2 is 2.12 bits per heavy atom. The van der Waals surface area contributed by atoms with Gasteiger partial charge in [0.1, 0.15) is 5.82 Å². The first-order chi connectivity index (χ1) is 7.84. The number of hydrogen-bond donors (Lipinski definition) is 0. The number of halogens is 2. The normalized spacial score (nSPS) is 12.1. The highest BCUT2D eigenvalue weighted by Gasteiger charge is 2.25. The first-order valence-electron chi connectivity index (χ1n) is 5.05. The van der Waals surface area contributed by atoms with Crippen LogP contribution in [0, 0.1) is 10.7 Å². The maximum absolute atomic E-state index is 13.2. The Bertz CT molecular complexity index is 601. The van der Waals surface area contributed by atoms with Crippen molar-refractivity contribution in [1.82, 2.24) is 9.38 Å². The lowest BCUT2D eigenvalue weighted by Gasteiger charge is -2.14. The second-order valence-electron chi connectivity index (χ2n) is 4.83. The van der Waals surface area contributed by atoms with E-state index < -0.39 is 5.82 Å². The van der Waals surface area contributed by atoms with Crippen LogP contribution in [0.5, 0.6) is 0 Å². The molecule has 17 heavy (non-hydrogen) atoms. The largest absolute Gasteiger partial charge is 0.277 e. The van der Waals surface area contributed by atoms with Gasteiger partial charge in [-0.2, -0.15) is 0 Å². The minimum Gasteiger partial charge on any atom is -0.277 e. The zero-order valence-electron chi connectivity index (χ0n) is 9.66. The third-order valence-corrected chi connectivity index (χ3v) is 2.69. The number of pyridine rings is 1. The molecule has 0 atom stereocenters. The van der Waals surface area contributed by atoms with Gasteiger partial charge in [-0.1, -0.05) is 32.4 Å². The molecule has 0 saturated heterocycles. The third-order valence-electron chi connectivity index (χ3n) is 2.41. The number of rotatable bonds is 1. The summed E-state index contributed by atoms with van der Waals surface area (Å²) in [5, 5.41) is 3.09. The highest BCUT2D eigenvalue weighted by Crippen LogP contribution is 2.34. The SMILES string of the molecule is CC(C)(C)c1nc2c(Cl)cc(F)cn2c1N=O. The molecule has 0 aromatic carbocycles. The van der Waals surface area contributed by atoms with Gasteiger partial charge >= 0.3 is 0 Å². The topological polar surface area (TPSA) is 46.7 Å². The molecule has 0 amide bonds. The van der Waals surface area contributed by atoms with Crippen LogP contribution in [0.3, 0.4) is 0 Å². The van der Waals surface area contributed by atoms with E-state index in [1.54, 1.807) is 0 Å². The quantitative estimate of drug-likeness (QED) is 0.727. The van der Waals surface area contributed by atoms with Crippen LogP contribution in [-0.2, 0) is 5.41 Å². The molecule has 0 saturated carbocycles. The lowest BCUT2D eigenvalue weighted by Crippen LogP contribution is -2.11. The van der Waals surface area contributed by atoms with Crippen LogP contribution in [0.1, 0.15) is 26.5 Å². The Kier molecular flexibility index (Phi) is 2.66. The number of fused-ring (bicyclic) bond motifs is 1. The molecule has 2 aromatic heterocycles. The minimum absolute atomic E-state index is 0.0916. The summed E-state index contributed by atoms with van der Waals surface area (Å²) in [7, 11) is 0. The molecule has 90 valence electrons. The number of imidazole rings is 1. The van der Waals surface area contributed by atoms with Gasteiger partial charge in [0, 0.05) is 11.6 Å². The van der Waals surface area contributed by atoms with Crippen molar-refractivity contribution in [3.8, 4) is 0 Å². The van der Waals surface area contributed by atoms with Crippen LogP contribution in [-0.4, -0.2) is 9.38 Å². The van der Waals surface area contributed by atoms with E-state index in [1.165, 1.54) is 4.40 Å². The molecule has 2 heterocycles. The van der Waals surface area contributed by atoms with Gasteiger partial charge in [0.15, 0.2) is 5.65 Å². The summed E-state index contributed by atoms with van der Waals surface area (Å²) in [6.45, 7) is 5.69. The van der Waals surface area contributed by atoms with Crippen LogP contribution in [0.25, 0.3) is 5.65 Å². The molecule has 0 radical (unpaired) electrons. The first-order valence-corrected chi connectivity index (χ1v) is 5.43.